The second kappa shape index (κ2) is 30.3. The fraction of sp³-hybridized carbons (Fsp3) is 0.632. The van der Waals surface area contributed by atoms with Crippen molar-refractivity contribution in [1.29, 1.82) is 0 Å². The lowest BCUT2D eigenvalue weighted by Crippen LogP contribution is -2.70. The van der Waals surface area contributed by atoms with E-state index in [0.717, 1.165) is 49.7 Å². The molecule has 1 fully saturated rings. The molecule has 16 nitrogen and oxygen atoms in total. The number of rotatable bonds is 33. The number of benzene rings is 2. The summed E-state index contributed by atoms with van der Waals surface area (Å²) in [6, 6.07) is 10.4. The van der Waals surface area contributed by atoms with Crippen LogP contribution in [0.25, 0.3) is 6.08 Å². The molecule has 3 aliphatic rings. The molecule has 0 spiro atoms. The van der Waals surface area contributed by atoms with Gasteiger partial charge in [0.2, 0.25) is 11.7 Å². The Balaban J connectivity index is 1.61. The van der Waals surface area contributed by atoms with Crippen LogP contribution in [0.15, 0.2) is 78.0 Å². The van der Waals surface area contributed by atoms with Gasteiger partial charge < -0.3 is 49.3 Å². The molecule has 2 aliphatic carbocycles. The molecular weight excluding hydrogens is 933 g/mol. The fourth-order valence-corrected chi connectivity index (χ4v) is 10.6. The van der Waals surface area contributed by atoms with Crippen molar-refractivity contribution in [2.24, 2.45) is 22.9 Å². The summed E-state index contributed by atoms with van der Waals surface area (Å²) in [5.41, 5.74) is 2.06. The van der Waals surface area contributed by atoms with Crippen molar-refractivity contribution in [3.05, 3.63) is 94.1 Å². The normalized spacial score (nSPS) is 21.7. The van der Waals surface area contributed by atoms with Crippen molar-refractivity contribution in [2.75, 3.05) is 52.7 Å². The van der Waals surface area contributed by atoms with E-state index < -0.39 is 40.3 Å². The maximum Gasteiger partial charge on any atom is 0.412 e. The van der Waals surface area contributed by atoms with Crippen LogP contribution in [0.4, 0.5) is 10.5 Å². The quantitative estimate of drug-likeness (QED) is 0.0173. The lowest BCUT2D eigenvalue weighted by molar-refractivity contribution is -0.384. The Bertz CT molecular complexity index is 2140. The molecule has 6 atom stereocenters. The van der Waals surface area contributed by atoms with Crippen LogP contribution in [0, 0.1) is 27.9 Å². The van der Waals surface area contributed by atoms with Gasteiger partial charge in [0.15, 0.2) is 0 Å². The van der Waals surface area contributed by atoms with Crippen molar-refractivity contribution >= 4 is 29.5 Å². The first kappa shape index (κ1) is 58.8. The highest BCUT2D eigenvalue weighted by Crippen LogP contribution is 2.62. The molecule has 2 aromatic carbocycles. The molecule has 1 aliphatic heterocycles. The average Bonchev–Trinajstić information content (AvgIpc) is 3.37. The van der Waals surface area contributed by atoms with Crippen LogP contribution in [0.2, 0.25) is 0 Å². The Morgan fingerprint density at radius 1 is 0.918 bits per heavy atom. The number of amides is 2. The number of aliphatic hydroxyl groups is 3. The highest BCUT2D eigenvalue weighted by Gasteiger charge is 2.65. The van der Waals surface area contributed by atoms with Gasteiger partial charge in [0.1, 0.15) is 23.1 Å². The largest absolute Gasteiger partial charge is 0.459 e. The summed E-state index contributed by atoms with van der Waals surface area (Å²) in [5.74, 6) is -2.25. The number of hydrogen-bond acceptors (Lipinski definition) is 13. The second-order valence-corrected chi connectivity index (χ2v) is 20.5. The van der Waals surface area contributed by atoms with Crippen LogP contribution in [0.1, 0.15) is 154 Å². The predicted octanol–water partition coefficient (Wildman–Crippen LogP) is 10.6. The number of ether oxygens (including phenoxy) is 4. The van der Waals surface area contributed by atoms with Crippen LogP contribution in [0.3, 0.4) is 0 Å². The molecule has 16 heteroatoms. The van der Waals surface area contributed by atoms with Crippen molar-refractivity contribution in [3.8, 4) is 11.5 Å². The van der Waals surface area contributed by atoms with Gasteiger partial charge in [-0.3, -0.25) is 14.9 Å². The number of carbonyl (C=O) groups is 2. The third-order valence-electron chi connectivity index (χ3n) is 14.0. The van der Waals surface area contributed by atoms with Gasteiger partial charge in [0.25, 0.3) is 5.69 Å². The summed E-state index contributed by atoms with van der Waals surface area (Å²) in [6.07, 6.45) is 22.5. The van der Waals surface area contributed by atoms with Crippen LogP contribution >= 0.6 is 0 Å². The number of nitrogens with zero attached hydrogens (tertiary/aromatic N) is 3. The molecular formula is C57H84N4O12. The Morgan fingerprint density at radius 2 is 1.60 bits per heavy atom. The highest BCUT2D eigenvalue weighted by atomic mass is 16.7. The molecule has 73 heavy (non-hydrogen) atoms. The maximum atomic E-state index is 15.0. The maximum absolute atomic E-state index is 15.0. The van der Waals surface area contributed by atoms with Crippen molar-refractivity contribution < 1.29 is 53.6 Å². The third-order valence-corrected chi connectivity index (χ3v) is 14.0. The average molecular weight is 1020 g/mol. The molecule has 0 aromatic heterocycles. The van der Waals surface area contributed by atoms with E-state index in [0.29, 0.717) is 48.6 Å². The molecule has 6 unspecified atom stereocenters. The molecule has 0 saturated heterocycles. The first-order chi connectivity index (χ1) is 35.3. The minimum atomic E-state index is -1.58. The van der Waals surface area contributed by atoms with E-state index in [1.54, 1.807) is 41.3 Å². The minimum Gasteiger partial charge on any atom is -0.459 e. The molecule has 4 N–H and O–H groups in total. The van der Waals surface area contributed by atoms with Crippen LogP contribution < -0.4 is 14.8 Å². The molecule has 2 amide bonds. The summed E-state index contributed by atoms with van der Waals surface area (Å²) in [7, 11) is 0. The lowest BCUT2D eigenvalue weighted by Gasteiger charge is -2.60. The van der Waals surface area contributed by atoms with E-state index in [1.165, 1.54) is 63.2 Å². The zero-order valence-electron chi connectivity index (χ0n) is 44.0. The number of nitrogens with one attached hydrogen (secondary N) is 1. The van der Waals surface area contributed by atoms with E-state index in [1.807, 2.05) is 26.8 Å². The zero-order valence-corrected chi connectivity index (χ0v) is 44.0. The van der Waals surface area contributed by atoms with E-state index in [2.05, 4.69) is 24.9 Å². The molecule has 404 valence electrons. The Morgan fingerprint density at radius 3 is 2.25 bits per heavy atom. The number of allylic oxidation sites excluding steroid dienone is 1. The minimum absolute atomic E-state index is 0.0240. The number of nitro groups is 1. The van der Waals surface area contributed by atoms with E-state index in [4.69, 9.17) is 28.9 Å². The van der Waals surface area contributed by atoms with Crippen LogP contribution in [0.5, 0.6) is 11.5 Å². The standard InChI is InChI=1S/C57H84N4O12/c1-6-8-9-10-11-12-13-14-15-18-31-58-55(66)71-45-28-29-50-48(40-45)53-46(22-17-20-34-63)43(21-16-19-33-62)39-47-49(59-73-56(3,4)5)41-51(57(72-50,54(47)53)70-36-7-2)60(32-37-69-38-35-64)52(65)30-25-42-23-26-44(27-24-42)61(67)68/h7,23-30,39-40,43,46,51,53-54,62-64H,2,6,8-22,31-38,41H2,1,3-5H3,(H,58,66). The second-order valence-electron chi connectivity index (χ2n) is 20.5. The number of non-ortho nitro benzene ring substituents is 1. The van der Waals surface area contributed by atoms with Crippen molar-refractivity contribution in [2.45, 2.75) is 160 Å². The molecule has 0 bridgehead atoms. The SMILES string of the molecule is C=CCOC12Oc3ccc(OC(=O)NCCCCCCCCCCCC)cc3C3C(CCCCO)C(CCCCO)C=C(C(=NOC(C)(C)C)CC1N(CCOCCO)C(=O)C=Cc1ccc([N+](=O)[O-])cc1)C32. The Hall–Kier alpha value is -5.13. The zero-order chi connectivity index (χ0) is 52.6. The molecule has 1 saturated carbocycles. The summed E-state index contributed by atoms with van der Waals surface area (Å²) in [4.78, 5) is 47.2. The smallest absolute Gasteiger partial charge is 0.412 e. The van der Waals surface area contributed by atoms with Crippen molar-refractivity contribution in [1.82, 2.24) is 10.2 Å². The first-order valence-electron chi connectivity index (χ1n) is 26.9. The highest BCUT2D eigenvalue weighted by molar-refractivity contribution is 6.03. The van der Waals surface area contributed by atoms with E-state index in [-0.39, 0.29) is 76.0 Å². The fourth-order valence-electron chi connectivity index (χ4n) is 10.6. The van der Waals surface area contributed by atoms with E-state index >= 15 is 0 Å². The third kappa shape index (κ3) is 17.2. The van der Waals surface area contributed by atoms with Gasteiger partial charge in [-0.1, -0.05) is 94.9 Å². The number of nitro benzene ring substituents is 1. The summed E-state index contributed by atoms with van der Waals surface area (Å²) >= 11 is 0. The van der Waals surface area contributed by atoms with Gasteiger partial charge in [0.05, 0.1) is 43.0 Å². The number of unbranched alkanes of at least 4 members (excludes halogenated alkanes) is 11. The van der Waals surface area contributed by atoms with E-state index in [9.17, 15) is 35.0 Å². The number of carbonyl (C=O) groups excluding carboxylic acids is 2. The van der Waals surface area contributed by atoms with Gasteiger partial charge in [-0.05, 0) is 112 Å². The van der Waals surface area contributed by atoms with Crippen LogP contribution in [-0.2, 0) is 19.1 Å². The molecule has 0 radical (unpaired) electrons. The number of hydrogen-bond donors (Lipinski definition) is 4. The van der Waals surface area contributed by atoms with Gasteiger partial charge in [-0.2, -0.15) is 0 Å². The summed E-state index contributed by atoms with van der Waals surface area (Å²) in [6.45, 7) is 12.6. The van der Waals surface area contributed by atoms with Gasteiger partial charge in [0, 0.05) is 62.4 Å². The first-order valence-corrected chi connectivity index (χ1v) is 26.9. The number of fused-ring (bicyclic) bond motifs is 2. The number of aliphatic hydroxyl groups excluding tert-OH is 3. The molecule has 1 heterocycles. The van der Waals surface area contributed by atoms with Gasteiger partial charge >= 0.3 is 6.09 Å². The molecule has 2 aromatic rings. The Labute approximate surface area is 433 Å². The van der Waals surface area contributed by atoms with Gasteiger partial charge in [-0.15, -0.1) is 6.58 Å². The monoisotopic (exact) mass is 1020 g/mol. The van der Waals surface area contributed by atoms with Crippen molar-refractivity contribution in [3.63, 3.8) is 0 Å². The predicted molar refractivity (Wildman–Crippen MR) is 283 cm³/mol. The lowest BCUT2D eigenvalue weighted by atomic mass is 9.55. The summed E-state index contributed by atoms with van der Waals surface area (Å²) in [5, 5.41) is 48.9. The van der Waals surface area contributed by atoms with Gasteiger partial charge in [-0.25, -0.2) is 4.79 Å². The topological polar surface area (TPSA) is 212 Å². The Kier molecular flexibility index (Phi) is 24.4. The molecule has 5 rings (SSSR count). The van der Waals surface area contributed by atoms with Crippen LogP contribution in [-0.4, -0.2) is 113 Å². The summed E-state index contributed by atoms with van der Waals surface area (Å²) < 4.78 is 26.2. The number of oxime groups is 1.